The van der Waals surface area contributed by atoms with Crippen LogP contribution in [0.5, 0.6) is 0 Å². The van der Waals surface area contributed by atoms with E-state index in [-0.39, 0.29) is 12.0 Å². The molecule has 1 saturated carbocycles. The molecule has 0 saturated heterocycles. The van der Waals surface area contributed by atoms with Gasteiger partial charge in [-0.15, -0.1) is 0 Å². The zero-order valence-electron chi connectivity index (χ0n) is 14.2. The Morgan fingerprint density at radius 3 is 2.33 bits per heavy atom. The first kappa shape index (κ1) is 18.3. The van der Waals surface area contributed by atoms with Crippen LogP contribution in [-0.4, -0.2) is 36.8 Å². The van der Waals surface area contributed by atoms with Crippen molar-refractivity contribution in [1.29, 1.82) is 0 Å². The van der Waals surface area contributed by atoms with Crippen molar-refractivity contribution < 1.29 is 5.11 Å². The highest BCUT2D eigenvalue weighted by Crippen LogP contribution is 2.30. The summed E-state index contributed by atoms with van der Waals surface area (Å²) in [5, 5.41) is 16.3. The van der Waals surface area contributed by atoms with E-state index >= 15 is 0 Å². The van der Waals surface area contributed by atoms with Gasteiger partial charge >= 0.3 is 0 Å². The van der Waals surface area contributed by atoms with E-state index < -0.39 is 0 Å². The summed E-state index contributed by atoms with van der Waals surface area (Å²) in [7, 11) is 0. The highest BCUT2D eigenvalue weighted by molar-refractivity contribution is 5.80. The SMILES string of the molecule is CCNC(=NCC(CC)(CC)CCO)NC1CCCCC1. The molecule has 0 radical (unpaired) electrons. The van der Waals surface area contributed by atoms with Crippen molar-refractivity contribution in [2.24, 2.45) is 10.4 Å². The topological polar surface area (TPSA) is 56.7 Å². The molecule has 0 aromatic rings. The van der Waals surface area contributed by atoms with Gasteiger partial charge in [0.15, 0.2) is 5.96 Å². The predicted molar refractivity (Wildman–Crippen MR) is 90.7 cm³/mol. The Hall–Kier alpha value is -0.770. The first-order valence-corrected chi connectivity index (χ1v) is 8.85. The maximum absolute atomic E-state index is 9.31. The lowest BCUT2D eigenvalue weighted by Crippen LogP contribution is -2.44. The standard InChI is InChI=1S/C17H35N3O/c1-4-17(5-2,12-13-21)14-19-16(18-6-3)20-15-10-8-7-9-11-15/h15,21H,4-14H2,1-3H3,(H2,18,19,20). The van der Waals surface area contributed by atoms with E-state index in [9.17, 15) is 5.11 Å². The smallest absolute Gasteiger partial charge is 0.191 e. The molecule has 4 heteroatoms. The van der Waals surface area contributed by atoms with Gasteiger partial charge in [-0.05, 0) is 44.4 Å². The second-order valence-electron chi connectivity index (χ2n) is 6.36. The highest BCUT2D eigenvalue weighted by atomic mass is 16.3. The number of aliphatic hydroxyl groups excluding tert-OH is 1. The van der Waals surface area contributed by atoms with E-state index in [1.807, 2.05) is 0 Å². The molecule has 0 amide bonds. The van der Waals surface area contributed by atoms with E-state index in [1.54, 1.807) is 0 Å². The first-order chi connectivity index (χ1) is 10.2. The molecule has 0 aromatic heterocycles. The molecule has 0 spiro atoms. The van der Waals surface area contributed by atoms with Crippen LogP contribution >= 0.6 is 0 Å². The minimum absolute atomic E-state index is 0.143. The second kappa shape index (κ2) is 10.0. The normalized spacial score (nSPS) is 17.8. The Kier molecular flexibility index (Phi) is 8.74. The summed E-state index contributed by atoms with van der Waals surface area (Å²) in [6.45, 7) is 8.46. The van der Waals surface area contributed by atoms with E-state index in [2.05, 4.69) is 31.4 Å². The number of nitrogens with zero attached hydrogens (tertiary/aromatic N) is 1. The quantitative estimate of drug-likeness (QED) is 0.477. The number of aliphatic imine (C=N–C) groups is 1. The van der Waals surface area contributed by atoms with Crippen molar-refractivity contribution in [1.82, 2.24) is 10.6 Å². The summed E-state index contributed by atoms with van der Waals surface area (Å²) in [4.78, 5) is 4.82. The van der Waals surface area contributed by atoms with Crippen molar-refractivity contribution >= 4 is 5.96 Å². The fourth-order valence-electron chi connectivity index (χ4n) is 3.15. The van der Waals surface area contributed by atoms with Gasteiger partial charge in [0.05, 0.1) is 0 Å². The van der Waals surface area contributed by atoms with Crippen LogP contribution in [0.1, 0.15) is 72.1 Å². The lowest BCUT2D eigenvalue weighted by molar-refractivity contribution is 0.175. The molecule has 0 unspecified atom stereocenters. The van der Waals surface area contributed by atoms with Crippen molar-refractivity contribution in [3.63, 3.8) is 0 Å². The zero-order valence-corrected chi connectivity index (χ0v) is 14.2. The Morgan fingerprint density at radius 1 is 1.14 bits per heavy atom. The van der Waals surface area contributed by atoms with E-state index in [4.69, 9.17) is 4.99 Å². The maximum atomic E-state index is 9.31. The third-order valence-electron chi connectivity index (χ3n) is 5.00. The van der Waals surface area contributed by atoms with Crippen LogP contribution in [0.15, 0.2) is 4.99 Å². The van der Waals surface area contributed by atoms with Gasteiger partial charge in [-0.3, -0.25) is 4.99 Å². The summed E-state index contributed by atoms with van der Waals surface area (Å²) in [6.07, 6.45) is 9.52. The molecule has 0 atom stereocenters. The Bertz CT molecular complexity index is 294. The van der Waals surface area contributed by atoms with Crippen LogP contribution in [0, 0.1) is 5.41 Å². The Morgan fingerprint density at radius 2 is 1.81 bits per heavy atom. The van der Waals surface area contributed by atoms with Gasteiger partial charge in [-0.2, -0.15) is 0 Å². The molecule has 3 N–H and O–H groups in total. The van der Waals surface area contributed by atoms with Gasteiger partial charge in [0.1, 0.15) is 0 Å². The van der Waals surface area contributed by atoms with Crippen molar-refractivity contribution in [2.45, 2.75) is 78.2 Å². The summed E-state index contributed by atoms with van der Waals surface area (Å²) >= 11 is 0. The minimum atomic E-state index is 0.143. The molecule has 0 heterocycles. The van der Waals surface area contributed by atoms with Crippen molar-refractivity contribution in [2.75, 3.05) is 19.7 Å². The number of hydrogen-bond acceptors (Lipinski definition) is 2. The van der Waals surface area contributed by atoms with Gasteiger partial charge in [-0.1, -0.05) is 33.1 Å². The lowest BCUT2D eigenvalue weighted by atomic mass is 9.79. The molecule has 0 aliphatic heterocycles. The molecule has 1 aliphatic carbocycles. The van der Waals surface area contributed by atoms with Crippen molar-refractivity contribution in [3.8, 4) is 0 Å². The molecule has 1 fully saturated rings. The molecule has 1 rings (SSSR count). The number of aliphatic hydroxyl groups is 1. The van der Waals surface area contributed by atoms with Gasteiger partial charge in [0.25, 0.3) is 0 Å². The van der Waals surface area contributed by atoms with Crippen molar-refractivity contribution in [3.05, 3.63) is 0 Å². The fraction of sp³-hybridized carbons (Fsp3) is 0.941. The minimum Gasteiger partial charge on any atom is -0.396 e. The molecule has 1 aliphatic rings. The Labute approximate surface area is 130 Å². The zero-order chi connectivity index (χ0) is 15.6. The van der Waals surface area contributed by atoms with E-state index in [0.717, 1.165) is 38.3 Å². The first-order valence-electron chi connectivity index (χ1n) is 8.85. The molecular weight excluding hydrogens is 262 g/mol. The lowest BCUT2D eigenvalue weighted by Gasteiger charge is -2.30. The summed E-state index contributed by atoms with van der Waals surface area (Å²) in [5.74, 6) is 0.952. The van der Waals surface area contributed by atoms with Crippen LogP contribution in [0.2, 0.25) is 0 Å². The van der Waals surface area contributed by atoms with E-state index in [1.165, 1.54) is 32.1 Å². The third-order valence-corrected chi connectivity index (χ3v) is 5.00. The number of rotatable bonds is 8. The second-order valence-corrected chi connectivity index (χ2v) is 6.36. The van der Waals surface area contributed by atoms with Crippen LogP contribution in [-0.2, 0) is 0 Å². The molecule has 4 nitrogen and oxygen atoms in total. The van der Waals surface area contributed by atoms with Gasteiger partial charge < -0.3 is 15.7 Å². The number of guanidine groups is 1. The molecule has 21 heavy (non-hydrogen) atoms. The van der Waals surface area contributed by atoms with Gasteiger partial charge in [0, 0.05) is 25.7 Å². The highest BCUT2D eigenvalue weighted by Gasteiger charge is 2.25. The number of nitrogens with one attached hydrogen (secondary N) is 2. The average Bonchev–Trinajstić information content (AvgIpc) is 2.52. The van der Waals surface area contributed by atoms with Gasteiger partial charge in [-0.25, -0.2) is 0 Å². The maximum Gasteiger partial charge on any atom is 0.191 e. The third kappa shape index (κ3) is 6.25. The molecular formula is C17H35N3O. The average molecular weight is 297 g/mol. The predicted octanol–water partition coefficient (Wildman–Crippen LogP) is 3.06. The van der Waals surface area contributed by atoms with E-state index in [0.29, 0.717) is 6.04 Å². The molecule has 0 bridgehead atoms. The van der Waals surface area contributed by atoms with Crippen LogP contribution in [0.4, 0.5) is 0 Å². The summed E-state index contributed by atoms with van der Waals surface area (Å²) < 4.78 is 0. The summed E-state index contributed by atoms with van der Waals surface area (Å²) in [6, 6.07) is 0.576. The molecule has 0 aromatic carbocycles. The van der Waals surface area contributed by atoms with Crippen LogP contribution in [0.25, 0.3) is 0 Å². The summed E-state index contributed by atoms with van der Waals surface area (Å²) in [5.41, 5.74) is 0.143. The monoisotopic (exact) mass is 297 g/mol. The fourth-order valence-corrected chi connectivity index (χ4v) is 3.15. The Balaban J connectivity index is 2.63. The van der Waals surface area contributed by atoms with Crippen LogP contribution < -0.4 is 10.6 Å². The van der Waals surface area contributed by atoms with Crippen LogP contribution in [0.3, 0.4) is 0 Å². The number of hydrogen-bond donors (Lipinski definition) is 3. The molecule has 124 valence electrons. The van der Waals surface area contributed by atoms with Gasteiger partial charge in [0.2, 0.25) is 0 Å². The largest absolute Gasteiger partial charge is 0.396 e.